The van der Waals surface area contributed by atoms with E-state index < -0.39 is 5.97 Å². The smallest absolute Gasteiger partial charge is 0.336 e. The van der Waals surface area contributed by atoms with Crippen molar-refractivity contribution in [2.45, 2.75) is 143 Å². The highest BCUT2D eigenvalue weighted by atomic mass is 32.1. The Balaban J connectivity index is 0.000000258. The Kier molecular flexibility index (Phi) is 16.0. The van der Waals surface area contributed by atoms with Gasteiger partial charge in [-0.2, -0.15) is 0 Å². The summed E-state index contributed by atoms with van der Waals surface area (Å²) in [6, 6.07) is 2.50. The van der Waals surface area contributed by atoms with Gasteiger partial charge in [-0.15, -0.1) is 22.7 Å². The number of aromatic carboxylic acids is 1. The zero-order valence-electron chi connectivity index (χ0n) is 34.2. The molecule has 0 radical (unpaired) electrons. The van der Waals surface area contributed by atoms with Crippen molar-refractivity contribution in [3.8, 4) is 0 Å². The molecule has 3 aliphatic rings. The van der Waals surface area contributed by atoms with Crippen molar-refractivity contribution in [2.75, 3.05) is 50.6 Å². The van der Waals surface area contributed by atoms with Gasteiger partial charge >= 0.3 is 5.97 Å². The lowest BCUT2D eigenvalue weighted by atomic mass is 9.88. The number of carbonyl (C=O) groups is 3. The van der Waals surface area contributed by atoms with Crippen LogP contribution in [0.3, 0.4) is 0 Å². The van der Waals surface area contributed by atoms with Crippen molar-refractivity contribution in [2.24, 2.45) is 0 Å². The van der Waals surface area contributed by atoms with Gasteiger partial charge in [-0.3, -0.25) is 9.59 Å². The Labute approximate surface area is 327 Å². The zero-order chi connectivity index (χ0) is 39.0. The summed E-state index contributed by atoms with van der Waals surface area (Å²) in [4.78, 5) is 46.4. The average Bonchev–Trinajstić information content (AvgIpc) is 3.71. The molecule has 294 valence electrons. The summed E-state index contributed by atoms with van der Waals surface area (Å²) in [7, 11) is 6.55. The first kappa shape index (κ1) is 42.9. The first-order chi connectivity index (χ1) is 25.2. The molecule has 5 rings (SSSR count). The summed E-state index contributed by atoms with van der Waals surface area (Å²) in [6.45, 7) is 17.7. The van der Waals surface area contributed by atoms with Crippen LogP contribution in [0, 0.1) is 13.8 Å². The Bertz CT molecular complexity index is 1620. The zero-order valence-corrected chi connectivity index (χ0v) is 35.9. The molecular weight excluding hydrogens is 701 g/mol. The van der Waals surface area contributed by atoms with Crippen LogP contribution in [0.4, 0.5) is 10.0 Å². The summed E-state index contributed by atoms with van der Waals surface area (Å²) in [5.74, 6) is -0.476. The lowest BCUT2D eigenvalue weighted by Gasteiger charge is -2.40. The first-order valence-corrected chi connectivity index (χ1v) is 21.7. The van der Waals surface area contributed by atoms with Gasteiger partial charge in [-0.25, -0.2) is 4.79 Å². The van der Waals surface area contributed by atoms with Gasteiger partial charge < -0.3 is 24.7 Å². The molecule has 0 saturated heterocycles. The average molecular weight is 767 g/mol. The molecule has 0 unspecified atom stereocenters. The van der Waals surface area contributed by atoms with E-state index in [2.05, 4.69) is 74.5 Å². The molecule has 8 nitrogen and oxygen atoms in total. The van der Waals surface area contributed by atoms with Crippen LogP contribution in [0.1, 0.15) is 137 Å². The van der Waals surface area contributed by atoms with E-state index in [1.165, 1.54) is 56.4 Å². The fourth-order valence-electron chi connectivity index (χ4n) is 8.75. The maximum absolute atomic E-state index is 13.1. The highest BCUT2D eigenvalue weighted by Gasteiger charge is 2.31. The lowest BCUT2D eigenvalue weighted by Crippen LogP contribution is -2.43. The van der Waals surface area contributed by atoms with Crippen LogP contribution in [-0.2, 0) is 4.79 Å². The van der Waals surface area contributed by atoms with Gasteiger partial charge in [-0.05, 0) is 149 Å². The standard InChI is InChI=1S/C27H40N2O2S.C16H26N2O2S/c1-7-28(6)21-9-11-22(12-10-21)29(8-2)27-20(5)24(17-32-27)25(30)14-13-23-19(4)15-18(3)16-26(23)31;1-5-18(13-8-6-12(7-9-13)17(3)4)15-11(2)14(10-21-15)16(19)20/h15,17,21-22H,7-14,16H2,1-6H3;10,12-13H,5-9H2,1-4H3,(H,19,20). The quantitative estimate of drug-likeness (QED) is 0.190. The molecule has 0 spiro atoms. The summed E-state index contributed by atoms with van der Waals surface area (Å²) in [6.07, 6.45) is 13.3. The predicted molar refractivity (Wildman–Crippen MR) is 225 cm³/mol. The Morgan fingerprint density at radius 2 is 1.19 bits per heavy atom. The van der Waals surface area contributed by atoms with E-state index in [-0.39, 0.29) is 11.6 Å². The molecule has 2 heterocycles. The van der Waals surface area contributed by atoms with E-state index in [0.717, 1.165) is 58.0 Å². The summed E-state index contributed by atoms with van der Waals surface area (Å²) in [5, 5.41) is 15.4. The Morgan fingerprint density at radius 3 is 1.62 bits per heavy atom. The van der Waals surface area contributed by atoms with Crippen molar-refractivity contribution in [1.29, 1.82) is 0 Å². The topological polar surface area (TPSA) is 84.4 Å². The number of allylic oxidation sites excluding steroid dienone is 4. The fraction of sp³-hybridized carbons (Fsp3) is 0.651. The Morgan fingerprint density at radius 1 is 0.717 bits per heavy atom. The van der Waals surface area contributed by atoms with Crippen molar-refractivity contribution in [1.82, 2.24) is 9.80 Å². The van der Waals surface area contributed by atoms with E-state index in [4.69, 9.17) is 0 Å². The molecule has 1 N–H and O–H groups in total. The van der Waals surface area contributed by atoms with E-state index in [9.17, 15) is 19.5 Å². The van der Waals surface area contributed by atoms with Crippen LogP contribution in [0.25, 0.3) is 0 Å². The highest BCUT2D eigenvalue weighted by molar-refractivity contribution is 7.15. The van der Waals surface area contributed by atoms with Crippen molar-refractivity contribution in [3.05, 3.63) is 55.8 Å². The molecule has 2 aromatic rings. The molecule has 10 heteroatoms. The third-order valence-corrected chi connectivity index (χ3v) is 14.4. The van der Waals surface area contributed by atoms with Gasteiger partial charge in [0.05, 0.1) is 15.6 Å². The number of carboxylic acid groups (broad SMARTS) is 1. The first-order valence-electron chi connectivity index (χ1n) is 19.9. The van der Waals surface area contributed by atoms with Gasteiger partial charge in [0.25, 0.3) is 0 Å². The molecule has 2 fully saturated rings. The molecular formula is C43H66N4O4S2. The van der Waals surface area contributed by atoms with Gasteiger partial charge in [0.15, 0.2) is 11.6 Å². The second-order valence-electron chi connectivity index (χ2n) is 15.7. The maximum atomic E-state index is 13.1. The fourth-order valence-corrected chi connectivity index (χ4v) is 11.2. The largest absolute Gasteiger partial charge is 0.478 e. The number of carbonyl (C=O) groups excluding carboxylic acids is 2. The van der Waals surface area contributed by atoms with Crippen LogP contribution in [0.2, 0.25) is 0 Å². The monoisotopic (exact) mass is 766 g/mol. The molecule has 0 aromatic carbocycles. The third kappa shape index (κ3) is 10.5. The lowest BCUT2D eigenvalue weighted by molar-refractivity contribution is -0.115. The van der Waals surface area contributed by atoms with Gasteiger partial charge in [0, 0.05) is 66.4 Å². The molecule has 53 heavy (non-hydrogen) atoms. The number of nitrogens with zero attached hydrogens (tertiary/aromatic N) is 4. The van der Waals surface area contributed by atoms with Gasteiger partial charge in [0.2, 0.25) is 0 Å². The molecule has 0 amide bonds. The summed E-state index contributed by atoms with van der Waals surface area (Å²) in [5.41, 5.74) is 6.30. The van der Waals surface area contributed by atoms with E-state index in [1.807, 2.05) is 26.2 Å². The number of anilines is 2. The summed E-state index contributed by atoms with van der Waals surface area (Å²) < 4.78 is 0. The minimum absolute atomic E-state index is 0.161. The number of Topliss-reactive ketones (excluding diaryl/α,β-unsaturated/α-hetero) is 2. The number of carboxylic acids is 1. The van der Waals surface area contributed by atoms with Crippen LogP contribution in [0.5, 0.6) is 0 Å². The van der Waals surface area contributed by atoms with Gasteiger partial charge in [-0.1, -0.05) is 18.6 Å². The molecule has 2 aromatic heterocycles. The highest BCUT2D eigenvalue weighted by Crippen LogP contribution is 2.38. The van der Waals surface area contributed by atoms with Crippen molar-refractivity contribution < 1.29 is 19.5 Å². The number of rotatable bonds is 14. The molecule has 2 saturated carbocycles. The minimum atomic E-state index is -0.817. The van der Waals surface area contributed by atoms with E-state index in [1.54, 1.807) is 28.1 Å². The second kappa shape index (κ2) is 19.7. The van der Waals surface area contributed by atoms with Crippen LogP contribution >= 0.6 is 22.7 Å². The van der Waals surface area contributed by atoms with Crippen LogP contribution in [0.15, 0.2) is 33.6 Å². The van der Waals surface area contributed by atoms with Crippen molar-refractivity contribution >= 4 is 50.2 Å². The third-order valence-electron chi connectivity index (χ3n) is 12.1. The maximum Gasteiger partial charge on any atom is 0.336 e. The molecule has 0 atom stereocenters. The van der Waals surface area contributed by atoms with Crippen LogP contribution in [-0.4, -0.2) is 97.4 Å². The second-order valence-corrected chi connectivity index (χ2v) is 17.4. The number of hydrogen-bond acceptors (Lipinski definition) is 9. The molecule has 0 aliphatic heterocycles. The van der Waals surface area contributed by atoms with Gasteiger partial charge in [0.1, 0.15) is 0 Å². The number of hydrogen-bond donors (Lipinski definition) is 1. The SMILES string of the molecule is CCN(C)C1CCC(N(CC)c2scc(C(=O)CCC3=C(C)C=C(C)CC3=O)c2C)CC1.CCN(c1scc(C(=O)O)c1C)C1CCC(N(C)C)CC1. The molecule has 0 bridgehead atoms. The number of ketones is 2. The van der Waals surface area contributed by atoms with E-state index >= 15 is 0 Å². The normalized spacial score (nSPS) is 22.1. The van der Waals surface area contributed by atoms with E-state index in [0.29, 0.717) is 49.0 Å². The minimum Gasteiger partial charge on any atom is -0.478 e. The van der Waals surface area contributed by atoms with Crippen molar-refractivity contribution in [3.63, 3.8) is 0 Å². The number of thiophene rings is 2. The predicted octanol–water partition coefficient (Wildman–Crippen LogP) is 9.80. The Hall–Kier alpha value is -2.79. The summed E-state index contributed by atoms with van der Waals surface area (Å²) >= 11 is 3.28. The molecule has 3 aliphatic carbocycles. The van der Waals surface area contributed by atoms with Crippen LogP contribution < -0.4 is 9.80 Å².